The van der Waals surface area contributed by atoms with Gasteiger partial charge in [0, 0.05) is 49.4 Å². The van der Waals surface area contributed by atoms with E-state index in [1.165, 1.54) is 6.07 Å². The van der Waals surface area contributed by atoms with E-state index in [9.17, 15) is 9.18 Å². The van der Waals surface area contributed by atoms with E-state index in [1.807, 2.05) is 12.1 Å². The number of pyridine rings is 2. The van der Waals surface area contributed by atoms with E-state index in [4.69, 9.17) is 9.47 Å². The summed E-state index contributed by atoms with van der Waals surface area (Å²) in [4.78, 5) is 19.0. The number of fused-ring (bicyclic) bond motifs is 1. The molecule has 7 nitrogen and oxygen atoms in total. The summed E-state index contributed by atoms with van der Waals surface area (Å²) >= 11 is 0. The summed E-state index contributed by atoms with van der Waals surface area (Å²) in [6, 6.07) is 10.8. The first-order valence-corrected chi connectivity index (χ1v) is 11.7. The van der Waals surface area contributed by atoms with Crippen LogP contribution >= 0.6 is 24.8 Å². The van der Waals surface area contributed by atoms with Crippen LogP contribution in [0.15, 0.2) is 47.4 Å². The fraction of sp³-hybridized carbons (Fsp3) is 0.440. The molecule has 3 aliphatic heterocycles. The van der Waals surface area contributed by atoms with E-state index >= 15 is 0 Å². The summed E-state index contributed by atoms with van der Waals surface area (Å²) in [7, 11) is 0. The van der Waals surface area contributed by atoms with Crippen LogP contribution < -0.4 is 20.3 Å². The number of rotatable bonds is 5. The molecule has 0 bridgehead atoms. The first-order valence-electron chi connectivity index (χ1n) is 11.7. The number of ether oxygens (including phenoxy) is 2. The molecule has 6 rings (SSSR count). The second kappa shape index (κ2) is 10.7. The van der Waals surface area contributed by atoms with Crippen molar-refractivity contribution in [2.45, 2.75) is 37.5 Å². The van der Waals surface area contributed by atoms with Gasteiger partial charge in [0.2, 0.25) is 0 Å². The number of nitrogens with one attached hydrogen (secondary N) is 1. The number of nitrogens with zero attached hydrogens (tertiary/aromatic N) is 3. The van der Waals surface area contributed by atoms with Gasteiger partial charge in [-0.1, -0.05) is 0 Å². The molecule has 1 aromatic carbocycles. The summed E-state index contributed by atoms with van der Waals surface area (Å²) in [6.07, 6.45) is 3.70. The minimum atomic E-state index is -0.202. The van der Waals surface area contributed by atoms with Crippen LogP contribution in [0.3, 0.4) is 0 Å². The molecule has 2 aromatic heterocycles. The van der Waals surface area contributed by atoms with Crippen molar-refractivity contribution < 1.29 is 13.9 Å². The van der Waals surface area contributed by atoms with Gasteiger partial charge >= 0.3 is 0 Å². The average Bonchev–Trinajstić information content (AvgIpc) is 3.23. The molecule has 188 valence electrons. The molecule has 3 aromatic rings. The Bertz CT molecular complexity index is 1250. The highest BCUT2D eigenvalue weighted by Crippen LogP contribution is 2.35. The van der Waals surface area contributed by atoms with Gasteiger partial charge in [-0.2, -0.15) is 0 Å². The van der Waals surface area contributed by atoms with Crippen molar-refractivity contribution in [1.82, 2.24) is 19.8 Å². The third kappa shape index (κ3) is 4.98. The van der Waals surface area contributed by atoms with Gasteiger partial charge in [0.1, 0.15) is 18.5 Å². The standard InChI is InChI=1S/C25H27FN4O3.2ClH/c26-20-5-3-16-4-6-22(31)30-14-17(23(20)24(16)30)13-29-10-7-18(8-11-29)28-12-19-15-32-21-2-1-9-27-25(21)33-19;;/h1-6,9,17-19,28H,7-8,10-15H2;2*1H/t17?,19-;;/m0../s1. The van der Waals surface area contributed by atoms with Crippen LogP contribution in [0.2, 0.25) is 0 Å². The Balaban J connectivity index is 0.00000144. The van der Waals surface area contributed by atoms with Gasteiger partial charge in [-0.3, -0.25) is 4.79 Å². The van der Waals surface area contributed by atoms with Crippen molar-refractivity contribution in [1.29, 1.82) is 0 Å². The minimum Gasteiger partial charge on any atom is -0.484 e. The van der Waals surface area contributed by atoms with Crippen LogP contribution in [0, 0.1) is 5.82 Å². The Morgan fingerprint density at radius 2 is 1.91 bits per heavy atom. The lowest BCUT2D eigenvalue weighted by Gasteiger charge is -2.35. The first kappa shape index (κ1) is 25.7. The molecular formula is C25H29Cl2FN4O3. The molecule has 1 N–H and O–H groups in total. The lowest BCUT2D eigenvalue weighted by molar-refractivity contribution is 0.0788. The third-order valence-corrected chi connectivity index (χ3v) is 7.09. The summed E-state index contributed by atoms with van der Waals surface area (Å²) in [5.74, 6) is 1.06. The maximum absolute atomic E-state index is 14.8. The van der Waals surface area contributed by atoms with Gasteiger partial charge in [0.15, 0.2) is 5.75 Å². The van der Waals surface area contributed by atoms with Crippen LogP contribution in [-0.2, 0) is 6.54 Å². The van der Waals surface area contributed by atoms with Crippen molar-refractivity contribution in [2.24, 2.45) is 0 Å². The largest absolute Gasteiger partial charge is 0.484 e. The highest BCUT2D eigenvalue weighted by molar-refractivity contribution is 5.86. The average molecular weight is 523 g/mol. The van der Waals surface area contributed by atoms with E-state index in [0.717, 1.165) is 49.9 Å². The molecule has 1 fully saturated rings. The van der Waals surface area contributed by atoms with Gasteiger partial charge in [-0.05, 0) is 61.6 Å². The number of hydrogen-bond donors (Lipinski definition) is 1. The van der Waals surface area contributed by atoms with E-state index in [2.05, 4.69) is 15.2 Å². The Morgan fingerprint density at radius 3 is 2.74 bits per heavy atom. The molecule has 2 atom stereocenters. The summed E-state index contributed by atoms with van der Waals surface area (Å²) in [5, 5.41) is 4.55. The minimum absolute atomic E-state index is 0. The second-order valence-electron chi connectivity index (χ2n) is 9.22. The SMILES string of the molecule is Cl.Cl.O=c1ccc2ccc(F)c3c2n1CC3CN1CCC(NC[C@H]2COc3cccnc3O2)CC1. The molecule has 0 amide bonds. The van der Waals surface area contributed by atoms with Crippen LogP contribution in [-0.4, -0.2) is 59.4 Å². The Morgan fingerprint density at radius 1 is 1.11 bits per heavy atom. The monoisotopic (exact) mass is 522 g/mol. The molecule has 35 heavy (non-hydrogen) atoms. The van der Waals surface area contributed by atoms with Gasteiger partial charge in [-0.25, -0.2) is 9.37 Å². The lowest BCUT2D eigenvalue weighted by atomic mass is 9.97. The van der Waals surface area contributed by atoms with Gasteiger partial charge in [0.05, 0.1) is 5.52 Å². The molecule has 0 aliphatic carbocycles. The van der Waals surface area contributed by atoms with Crippen molar-refractivity contribution in [3.8, 4) is 11.6 Å². The molecule has 0 radical (unpaired) electrons. The zero-order valence-corrected chi connectivity index (χ0v) is 20.8. The molecule has 1 unspecified atom stereocenters. The normalized spacial score (nSPS) is 21.4. The van der Waals surface area contributed by atoms with Gasteiger partial charge in [0.25, 0.3) is 11.4 Å². The number of halogens is 3. The fourth-order valence-corrected chi connectivity index (χ4v) is 5.41. The molecule has 1 saturated heterocycles. The van der Waals surface area contributed by atoms with Crippen molar-refractivity contribution >= 4 is 35.7 Å². The Kier molecular flexibility index (Phi) is 7.86. The fourth-order valence-electron chi connectivity index (χ4n) is 5.41. The van der Waals surface area contributed by atoms with E-state index in [1.54, 1.807) is 29.0 Å². The molecule has 0 spiro atoms. The predicted octanol–water partition coefficient (Wildman–Crippen LogP) is 3.37. The summed E-state index contributed by atoms with van der Waals surface area (Å²) in [6.45, 7) is 4.45. The lowest BCUT2D eigenvalue weighted by Crippen LogP contribution is -2.47. The number of piperidine rings is 1. The molecule has 3 aliphatic rings. The molecule has 0 saturated carbocycles. The number of hydrogen-bond acceptors (Lipinski definition) is 6. The highest BCUT2D eigenvalue weighted by Gasteiger charge is 2.31. The predicted molar refractivity (Wildman–Crippen MR) is 137 cm³/mol. The van der Waals surface area contributed by atoms with Crippen LogP contribution in [0.5, 0.6) is 11.6 Å². The topological polar surface area (TPSA) is 68.6 Å². The van der Waals surface area contributed by atoms with E-state index in [0.29, 0.717) is 36.4 Å². The number of likely N-dealkylation sites (tertiary alicyclic amines) is 1. The van der Waals surface area contributed by atoms with E-state index < -0.39 is 0 Å². The van der Waals surface area contributed by atoms with Crippen molar-refractivity contribution in [2.75, 3.05) is 32.8 Å². The van der Waals surface area contributed by atoms with Crippen LogP contribution in [0.25, 0.3) is 10.9 Å². The Hall–Kier alpha value is -2.39. The smallest absolute Gasteiger partial charge is 0.257 e. The first-order chi connectivity index (χ1) is 16.2. The summed E-state index contributed by atoms with van der Waals surface area (Å²) < 4.78 is 28.2. The zero-order valence-electron chi connectivity index (χ0n) is 19.2. The van der Waals surface area contributed by atoms with Gasteiger partial charge < -0.3 is 24.3 Å². The zero-order chi connectivity index (χ0) is 22.4. The quantitative estimate of drug-likeness (QED) is 0.554. The Labute approximate surface area is 215 Å². The number of aromatic nitrogens is 2. The highest BCUT2D eigenvalue weighted by atomic mass is 35.5. The molecule has 5 heterocycles. The number of benzene rings is 1. The maximum Gasteiger partial charge on any atom is 0.257 e. The van der Waals surface area contributed by atoms with Gasteiger partial charge in [-0.15, -0.1) is 24.8 Å². The maximum atomic E-state index is 14.8. The van der Waals surface area contributed by atoms with E-state index in [-0.39, 0.29) is 48.2 Å². The second-order valence-corrected chi connectivity index (χ2v) is 9.22. The molecule has 10 heteroatoms. The van der Waals surface area contributed by atoms with Crippen molar-refractivity contribution in [3.63, 3.8) is 0 Å². The van der Waals surface area contributed by atoms with Crippen molar-refractivity contribution in [3.05, 3.63) is 64.3 Å². The molecular weight excluding hydrogens is 494 g/mol. The summed E-state index contributed by atoms with van der Waals surface area (Å²) in [5.41, 5.74) is 1.43. The van der Waals surface area contributed by atoms with Crippen LogP contribution in [0.4, 0.5) is 4.39 Å². The third-order valence-electron chi connectivity index (χ3n) is 7.09. The van der Waals surface area contributed by atoms with Crippen LogP contribution in [0.1, 0.15) is 24.3 Å².